The van der Waals surface area contributed by atoms with Gasteiger partial charge in [0.1, 0.15) is 12.0 Å². The summed E-state index contributed by atoms with van der Waals surface area (Å²) in [6, 6.07) is 15.9. The van der Waals surface area contributed by atoms with E-state index in [0.29, 0.717) is 17.8 Å². The Balaban J connectivity index is 1.68. The molecule has 1 N–H and O–H groups in total. The number of aryl methyl sites for hydroxylation is 1. The molecular weight excluding hydrogens is 367 g/mol. The van der Waals surface area contributed by atoms with Gasteiger partial charge in [-0.15, -0.1) is 0 Å². The molecule has 1 aromatic heterocycles. The minimum Gasteiger partial charge on any atom is -0.377 e. The Morgan fingerprint density at radius 3 is 2.62 bits per heavy atom. The zero-order chi connectivity index (χ0) is 20.5. The average molecular weight is 390 g/mol. The minimum absolute atomic E-state index is 0.0881. The van der Waals surface area contributed by atoms with Crippen molar-refractivity contribution in [1.29, 1.82) is 0 Å². The van der Waals surface area contributed by atoms with Crippen LogP contribution in [0.5, 0.6) is 0 Å². The number of rotatable bonds is 5. The summed E-state index contributed by atoms with van der Waals surface area (Å²) in [4.78, 5) is 21.3. The molecule has 0 spiro atoms. The second kappa shape index (κ2) is 7.54. The summed E-state index contributed by atoms with van der Waals surface area (Å²) in [6.45, 7) is 2.43. The fraction of sp³-hybridized carbons (Fsp3) is 0.217. The number of hydrogen-bond donors (Lipinski definition) is 1. The van der Waals surface area contributed by atoms with Crippen LogP contribution in [-0.2, 0) is 6.54 Å². The van der Waals surface area contributed by atoms with E-state index in [1.807, 2.05) is 20.2 Å². The second-order valence-electron chi connectivity index (χ2n) is 7.44. The Labute approximate surface area is 169 Å². The van der Waals surface area contributed by atoms with Crippen LogP contribution >= 0.6 is 0 Å². The molecule has 0 radical (unpaired) electrons. The zero-order valence-corrected chi connectivity index (χ0v) is 16.7. The third kappa shape index (κ3) is 3.66. The summed E-state index contributed by atoms with van der Waals surface area (Å²) >= 11 is 0. The molecule has 0 fully saturated rings. The van der Waals surface area contributed by atoms with E-state index in [1.165, 1.54) is 17.7 Å². The van der Waals surface area contributed by atoms with E-state index >= 15 is 0 Å². The van der Waals surface area contributed by atoms with Gasteiger partial charge >= 0.3 is 0 Å². The fourth-order valence-electron chi connectivity index (χ4n) is 3.67. The smallest absolute Gasteiger partial charge is 0.258 e. The highest BCUT2D eigenvalue weighted by Gasteiger charge is 2.37. The molecule has 5 nitrogen and oxygen atoms in total. The number of pyridine rings is 1. The molecule has 29 heavy (non-hydrogen) atoms. The van der Waals surface area contributed by atoms with Crippen LogP contribution in [0.4, 0.5) is 15.8 Å². The number of carbonyl (C=O) groups is 1. The molecule has 0 aliphatic carbocycles. The van der Waals surface area contributed by atoms with E-state index in [4.69, 9.17) is 0 Å². The molecular formula is C23H23FN4O. The van der Waals surface area contributed by atoms with Gasteiger partial charge in [0, 0.05) is 38.2 Å². The highest BCUT2D eigenvalue weighted by Crippen LogP contribution is 2.35. The Bertz CT molecular complexity index is 1050. The molecule has 3 aromatic rings. The number of benzene rings is 2. The SMILES string of the molecule is Cc1ccc(NC2c3ncccc3C(=O)N2Cc2ccc(F)cc2)cc1N(C)C. The standard InChI is InChI=1S/C23H23FN4O/c1-15-6-11-18(13-20(15)27(2)3)26-22-21-19(5-4-12-25-21)23(29)28(22)14-16-7-9-17(24)10-8-16/h4-13,22,26H,14H2,1-3H3. The molecule has 0 saturated carbocycles. The number of anilines is 2. The van der Waals surface area contributed by atoms with Gasteiger partial charge in [-0.1, -0.05) is 18.2 Å². The molecule has 6 heteroatoms. The number of nitrogens with zero attached hydrogens (tertiary/aromatic N) is 3. The number of carbonyl (C=O) groups excluding carboxylic acids is 1. The van der Waals surface area contributed by atoms with Gasteiger partial charge in [-0.05, 0) is 54.4 Å². The monoisotopic (exact) mass is 390 g/mol. The highest BCUT2D eigenvalue weighted by molar-refractivity contribution is 5.98. The van der Waals surface area contributed by atoms with E-state index in [9.17, 15) is 9.18 Å². The van der Waals surface area contributed by atoms with Crippen LogP contribution in [0.25, 0.3) is 0 Å². The topological polar surface area (TPSA) is 48.5 Å². The summed E-state index contributed by atoms with van der Waals surface area (Å²) in [5.41, 5.74) is 5.32. The van der Waals surface area contributed by atoms with Crippen molar-refractivity contribution in [2.75, 3.05) is 24.3 Å². The van der Waals surface area contributed by atoms with Crippen LogP contribution in [-0.4, -0.2) is 29.9 Å². The number of halogens is 1. The zero-order valence-electron chi connectivity index (χ0n) is 16.7. The predicted octanol–water partition coefficient (Wildman–Crippen LogP) is 4.36. The van der Waals surface area contributed by atoms with E-state index in [0.717, 1.165) is 16.9 Å². The Morgan fingerprint density at radius 1 is 1.14 bits per heavy atom. The Kier molecular flexibility index (Phi) is 4.92. The first kappa shape index (κ1) is 18.9. The lowest BCUT2D eigenvalue weighted by Gasteiger charge is -2.27. The van der Waals surface area contributed by atoms with Gasteiger partial charge in [-0.3, -0.25) is 9.78 Å². The van der Waals surface area contributed by atoms with E-state index in [-0.39, 0.29) is 11.7 Å². The van der Waals surface area contributed by atoms with Crippen LogP contribution in [0, 0.1) is 12.7 Å². The van der Waals surface area contributed by atoms with Gasteiger partial charge in [0.25, 0.3) is 5.91 Å². The number of amides is 1. The predicted molar refractivity (Wildman–Crippen MR) is 112 cm³/mol. The van der Waals surface area contributed by atoms with Crippen molar-refractivity contribution in [3.8, 4) is 0 Å². The first-order valence-electron chi connectivity index (χ1n) is 9.49. The van der Waals surface area contributed by atoms with Gasteiger partial charge in [-0.25, -0.2) is 4.39 Å². The molecule has 1 unspecified atom stereocenters. The number of hydrogen-bond acceptors (Lipinski definition) is 4. The van der Waals surface area contributed by atoms with Crippen LogP contribution in [0.2, 0.25) is 0 Å². The lowest BCUT2D eigenvalue weighted by atomic mass is 10.1. The van der Waals surface area contributed by atoms with Crippen LogP contribution in [0.3, 0.4) is 0 Å². The second-order valence-corrected chi connectivity index (χ2v) is 7.44. The maximum Gasteiger partial charge on any atom is 0.258 e. The Hall–Kier alpha value is -3.41. The lowest BCUT2D eigenvalue weighted by molar-refractivity contribution is 0.0728. The molecule has 148 valence electrons. The third-order valence-corrected chi connectivity index (χ3v) is 5.16. The van der Waals surface area contributed by atoms with E-state index in [2.05, 4.69) is 34.3 Å². The summed E-state index contributed by atoms with van der Waals surface area (Å²) < 4.78 is 13.3. The van der Waals surface area contributed by atoms with Crippen molar-refractivity contribution in [1.82, 2.24) is 9.88 Å². The van der Waals surface area contributed by atoms with Crippen molar-refractivity contribution in [3.05, 3.63) is 89.0 Å². The normalized spacial score (nSPS) is 15.4. The molecule has 1 amide bonds. The van der Waals surface area contributed by atoms with Crippen molar-refractivity contribution in [2.24, 2.45) is 0 Å². The average Bonchev–Trinajstić information content (AvgIpc) is 2.97. The molecule has 2 heterocycles. The summed E-state index contributed by atoms with van der Waals surface area (Å²) in [5.74, 6) is -0.383. The maximum atomic E-state index is 13.3. The first-order valence-corrected chi connectivity index (χ1v) is 9.49. The number of fused-ring (bicyclic) bond motifs is 1. The minimum atomic E-state index is -0.401. The number of aromatic nitrogens is 1. The Morgan fingerprint density at radius 2 is 1.90 bits per heavy atom. The quantitative estimate of drug-likeness (QED) is 0.703. The van der Waals surface area contributed by atoms with Crippen LogP contribution in [0.15, 0.2) is 60.8 Å². The van der Waals surface area contributed by atoms with Crippen molar-refractivity contribution < 1.29 is 9.18 Å². The highest BCUT2D eigenvalue weighted by atomic mass is 19.1. The van der Waals surface area contributed by atoms with Crippen molar-refractivity contribution >= 4 is 17.3 Å². The fourth-order valence-corrected chi connectivity index (χ4v) is 3.67. The summed E-state index contributed by atoms with van der Waals surface area (Å²) in [6.07, 6.45) is 1.30. The maximum absolute atomic E-state index is 13.3. The third-order valence-electron chi connectivity index (χ3n) is 5.16. The van der Waals surface area contributed by atoms with Crippen LogP contribution < -0.4 is 10.2 Å². The molecule has 0 bridgehead atoms. The molecule has 4 rings (SSSR count). The van der Waals surface area contributed by atoms with Gasteiger partial charge in [0.05, 0.1) is 11.3 Å². The van der Waals surface area contributed by atoms with E-state index in [1.54, 1.807) is 35.4 Å². The largest absolute Gasteiger partial charge is 0.377 e. The van der Waals surface area contributed by atoms with Gasteiger partial charge < -0.3 is 15.1 Å². The van der Waals surface area contributed by atoms with Crippen molar-refractivity contribution in [3.63, 3.8) is 0 Å². The number of nitrogens with one attached hydrogen (secondary N) is 1. The summed E-state index contributed by atoms with van der Waals surface area (Å²) in [7, 11) is 4.01. The van der Waals surface area contributed by atoms with Gasteiger partial charge in [0.15, 0.2) is 0 Å². The van der Waals surface area contributed by atoms with Gasteiger partial charge in [-0.2, -0.15) is 0 Å². The molecule has 2 aromatic carbocycles. The summed E-state index contributed by atoms with van der Waals surface area (Å²) in [5, 5.41) is 3.47. The lowest BCUT2D eigenvalue weighted by Crippen LogP contribution is -2.32. The molecule has 1 atom stereocenters. The molecule has 1 aliphatic heterocycles. The molecule has 1 aliphatic rings. The van der Waals surface area contributed by atoms with Gasteiger partial charge in [0.2, 0.25) is 0 Å². The van der Waals surface area contributed by atoms with E-state index < -0.39 is 6.17 Å². The molecule has 0 saturated heterocycles. The van der Waals surface area contributed by atoms with Crippen molar-refractivity contribution in [2.45, 2.75) is 19.6 Å². The van der Waals surface area contributed by atoms with Crippen LogP contribution in [0.1, 0.15) is 33.3 Å². The first-order chi connectivity index (χ1) is 13.9.